The summed E-state index contributed by atoms with van der Waals surface area (Å²) in [6.45, 7) is -0.533. The van der Waals surface area contributed by atoms with Gasteiger partial charge in [0.1, 0.15) is 0 Å². The number of carbonyl (C=O) groups excluding carboxylic acids is 2. The van der Waals surface area contributed by atoms with Crippen LogP contribution in [0.1, 0.15) is 33.6 Å². The van der Waals surface area contributed by atoms with Crippen LogP contribution in [0, 0.1) is 15.9 Å². The fraction of sp³-hybridized carbons (Fsp3) is 0.294. The van der Waals surface area contributed by atoms with Crippen LogP contribution in [0.5, 0.6) is 0 Å². The molecule has 0 bridgehead atoms. The number of nitro benzene ring substituents is 1. The molecule has 0 atom stereocenters. The molecule has 3 rings (SSSR count). The quantitative estimate of drug-likeness (QED) is 0.488. The number of nitrogens with zero attached hydrogens (tertiary/aromatic N) is 1. The summed E-state index contributed by atoms with van der Waals surface area (Å²) in [5.74, 6) is -2.23. The van der Waals surface area contributed by atoms with Crippen LogP contribution in [0.4, 0.5) is 15.8 Å². The average molecular weight is 378 g/mol. The van der Waals surface area contributed by atoms with Gasteiger partial charge in [-0.1, -0.05) is 0 Å². The summed E-state index contributed by atoms with van der Waals surface area (Å²) in [6, 6.07) is 2.99. The second-order valence-corrected chi connectivity index (χ2v) is 6.77. The van der Waals surface area contributed by atoms with Crippen molar-refractivity contribution in [3.63, 3.8) is 0 Å². The molecule has 0 spiro atoms. The zero-order chi connectivity index (χ0) is 18.7. The molecular weight excluding hydrogens is 363 g/mol. The lowest BCUT2D eigenvalue weighted by Gasteiger charge is -2.12. The molecule has 1 aromatic carbocycles. The van der Waals surface area contributed by atoms with E-state index in [9.17, 15) is 24.1 Å². The number of hydrogen-bond donors (Lipinski definition) is 1. The first-order valence-electron chi connectivity index (χ1n) is 7.96. The Labute approximate surface area is 151 Å². The third-order valence-corrected chi connectivity index (χ3v) is 5.13. The van der Waals surface area contributed by atoms with Gasteiger partial charge in [0.2, 0.25) is 5.82 Å². The summed E-state index contributed by atoms with van der Waals surface area (Å²) in [4.78, 5) is 35.1. The largest absolute Gasteiger partial charge is 0.452 e. The number of ether oxygens (including phenoxy) is 1. The number of aryl methyl sites for hydroxylation is 1. The summed E-state index contributed by atoms with van der Waals surface area (Å²) in [5.41, 5.74) is 0.799. The van der Waals surface area contributed by atoms with Crippen LogP contribution < -0.4 is 5.32 Å². The van der Waals surface area contributed by atoms with Gasteiger partial charge in [0.25, 0.3) is 5.91 Å². The molecule has 0 unspecified atom stereocenters. The fourth-order valence-corrected chi connectivity index (χ4v) is 3.92. The van der Waals surface area contributed by atoms with E-state index in [0.29, 0.717) is 5.56 Å². The monoisotopic (exact) mass is 378 g/mol. The third-order valence-electron chi connectivity index (χ3n) is 4.04. The second kappa shape index (κ2) is 7.61. The number of nitro groups is 1. The van der Waals surface area contributed by atoms with Crippen molar-refractivity contribution < 1.29 is 23.6 Å². The molecule has 0 saturated heterocycles. The van der Waals surface area contributed by atoms with E-state index in [2.05, 4.69) is 5.32 Å². The Bertz CT molecular complexity index is 880. The highest BCUT2D eigenvalue weighted by atomic mass is 32.1. The van der Waals surface area contributed by atoms with Crippen molar-refractivity contribution in [3.8, 4) is 0 Å². The summed E-state index contributed by atoms with van der Waals surface area (Å²) in [5, 5.41) is 14.8. The fourth-order valence-electron chi connectivity index (χ4n) is 2.80. The molecule has 136 valence electrons. The van der Waals surface area contributed by atoms with Crippen molar-refractivity contribution in [2.75, 3.05) is 11.9 Å². The summed E-state index contributed by atoms with van der Waals surface area (Å²) >= 11 is 1.52. The van der Waals surface area contributed by atoms with Crippen LogP contribution in [-0.2, 0) is 22.4 Å². The number of thiophene rings is 1. The number of halogens is 1. The Morgan fingerprint density at radius 3 is 2.85 bits per heavy atom. The molecule has 1 aromatic heterocycles. The number of esters is 1. The predicted octanol–water partition coefficient (Wildman–Crippen LogP) is 3.47. The van der Waals surface area contributed by atoms with Crippen molar-refractivity contribution >= 4 is 34.6 Å². The van der Waals surface area contributed by atoms with Crippen LogP contribution in [0.25, 0.3) is 0 Å². The number of fused-ring (bicyclic) bond motifs is 1. The molecule has 9 heteroatoms. The van der Waals surface area contributed by atoms with E-state index in [4.69, 9.17) is 4.74 Å². The smallest absolute Gasteiger partial charge is 0.339 e. The normalized spacial score (nSPS) is 13.0. The maximum absolute atomic E-state index is 13.3. The minimum Gasteiger partial charge on any atom is -0.452 e. The zero-order valence-electron chi connectivity index (χ0n) is 13.6. The van der Waals surface area contributed by atoms with Gasteiger partial charge >= 0.3 is 11.7 Å². The van der Waals surface area contributed by atoms with Crippen molar-refractivity contribution in [1.29, 1.82) is 0 Å². The van der Waals surface area contributed by atoms with Gasteiger partial charge in [-0.25, -0.2) is 4.79 Å². The average Bonchev–Trinajstić information content (AvgIpc) is 3.05. The van der Waals surface area contributed by atoms with Crippen LogP contribution in [0.2, 0.25) is 0 Å². The lowest BCUT2D eigenvalue weighted by molar-refractivity contribution is -0.387. The molecule has 1 aliphatic rings. The van der Waals surface area contributed by atoms with E-state index in [1.807, 2.05) is 0 Å². The van der Waals surface area contributed by atoms with Crippen molar-refractivity contribution in [2.45, 2.75) is 25.7 Å². The van der Waals surface area contributed by atoms with Crippen molar-refractivity contribution in [3.05, 3.63) is 55.5 Å². The van der Waals surface area contributed by atoms with Gasteiger partial charge in [0, 0.05) is 22.0 Å². The highest BCUT2D eigenvalue weighted by Crippen LogP contribution is 2.30. The zero-order valence-corrected chi connectivity index (χ0v) is 14.4. The lowest BCUT2D eigenvalue weighted by atomic mass is 9.96. The van der Waals surface area contributed by atoms with E-state index in [1.54, 1.807) is 5.38 Å². The summed E-state index contributed by atoms with van der Waals surface area (Å²) in [7, 11) is 0. The molecule has 0 saturated carbocycles. The molecular formula is C17H15FN2O5S. The van der Waals surface area contributed by atoms with Crippen LogP contribution in [0.15, 0.2) is 23.6 Å². The maximum Gasteiger partial charge on any atom is 0.339 e. The minimum atomic E-state index is -0.998. The highest BCUT2D eigenvalue weighted by Gasteiger charge is 2.22. The Balaban J connectivity index is 1.59. The Kier molecular flexibility index (Phi) is 5.27. The summed E-state index contributed by atoms with van der Waals surface area (Å²) in [6.07, 6.45) is 3.91. The van der Waals surface area contributed by atoms with Gasteiger partial charge in [-0.2, -0.15) is 4.39 Å². The van der Waals surface area contributed by atoms with Crippen LogP contribution in [0.3, 0.4) is 0 Å². The molecule has 2 aromatic rings. The first kappa shape index (κ1) is 18.0. The Morgan fingerprint density at radius 2 is 2.08 bits per heavy atom. The molecule has 0 fully saturated rings. The molecule has 0 aliphatic heterocycles. The molecule has 1 N–H and O–H groups in total. The standard InChI is InChI=1S/C17H15FN2O5S/c18-13-6-5-10(7-14(13)20(23)24)19-16(21)8-25-17(22)12-9-26-15-4-2-1-3-11(12)15/h5-7,9H,1-4,8H2,(H,19,21). The molecule has 26 heavy (non-hydrogen) atoms. The maximum atomic E-state index is 13.3. The topological polar surface area (TPSA) is 98.5 Å². The number of benzene rings is 1. The van der Waals surface area contributed by atoms with E-state index >= 15 is 0 Å². The Morgan fingerprint density at radius 1 is 1.31 bits per heavy atom. The van der Waals surface area contributed by atoms with Gasteiger partial charge in [-0.3, -0.25) is 14.9 Å². The molecule has 1 amide bonds. The van der Waals surface area contributed by atoms with Crippen molar-refractivity contribution in [2.24, 2.45) is 0 Å². The third kappa shape index (κ3) is 3.88. The van der Waals surface area contributed by atoms with E-state index in [-0.39, 0.29) is 5.69 Å². The van der Waals surface area contributed by atoms with Gasteiger partial charge in [0.15, 0.2) is 6.61 Å². The van der Waals surface area contributed by atoms with Crippen LogP contribution in [-0.4, -0.2) is 23.4 Å². The number of anilines is 1. The molecule has 0 radical (unpaired) electrons. The number of amides is 1. The molecule has 1 heterocycles. The lowest BCUT2D eigenvalue weighted by Crippen LogP contribution is -2.21. The Hall–Kier alpha value is -2.81. The predicted molar refractivity (Wildman–Crippen MR) is 92.9 cm³/mol. The van der Waals surface area contributed by atoms with Gasteiger partial charge < -0.3 is 10.1 Å². The van der Waals surface area contributed by atoms with E-state index in [1.165, 1.54) is 22.3 Å². The van der Waals surface area contributed by atoms with Gasteiger partial charge in [0.05, 0.1) is 10.5 Å². The molecule has 7 nitrogen and oxygen atoms in total. The number of carbonyl (C=O) groups is 2. The van der Waals surface area contributed by atoms with Gasteiger partial charge in [-0.05, 0) is 43.4 Å². The minimum absolute atomic E-state index is 0.0482. The SMILES string of the molecule is O=C(COC(=O)c1csc2c1CCCC2)Nc1ccc(F)c([N+](=O)[O-])c1. The number of hydrogen-bond acceptors (Lipinski definition) is 6. The first-order chi connectivity index (χ1) is 12.5. The van der Waals surface area contributed by atoms with E-state index in [0.717, 1.165) is 43.4 Å². The van der Waals surface area contributed by atoms with Crippen LogP contribution >= 0.6 is 11.3 Å². The van der Waals surface area contributed by atoms with Crippen molar-refractivity contribution in [1.82, 2.24) is 0 Å². The summed E-state index contributed by atoms with van der Waals surface area (Å²) < 4.78 is 18.3. The first-order valence-corrected chi connectivity index (χ1v) is 8.84. The second-order valence-electron chi connectivity index (χ2n) is 5.81. The number of nitrogens with one attached hydrogen (secondary N) is 1. The van der Waals surface area contributed by atoms with E-state index < -0.39 is 34.9 Å². The van der Waals surface area contributed by atoms with Gasteiger partial charge in [-0.15, -0.1) is 11.3 Å². The highest BCUT2D eigenvalue weighted by molar-refractivity contribution is 7.10. The number of rotatable bonds is 5. The molecule has 1 aliphatic carbocycles.